The van der Waals surface area contributed by atoms with Crippen molar-refractivity contribution in [3.05, 3.63) is 41.5 Å². The molecule has 0 fully saturated rings. The number of nitrogens with zero attached hydrogens (tertiary/aromatic N) is 2. The molecule has 2 N–H and O–H groups in total. The summed E-state index contributed by atoms with van der Waals surface area (Å²) in [6.07, 6.45) is 0.608. The molecule has 0 saturated heterocycles. The molecule has 2 aromatic rings. The van der Waals surface area contributed by atoms with Crippen LogP contribution in [-0.2, 0) is 6.54 Å². The quantitative estimate of drug-likeness (QED) is 0.796. The Morgan fingerprint density at radius 2 is 2.26 bits per heavy atom. The third kappa shape index (κ3) is 4.51. The summed E-state index contributed by atoms with van der Waals surface area (Å²) in [5.41, 5.74) is 0. The molecule has 1 aromatic carbocycles. The topological polar surface area (TPSA) is 80.4 Å². The van der Waals surface area contributed by atoms with Gasteiger partial charge in [0.2, 0.25) is 6.39 Å². The van der Waals surface area contributed by atoms with E-state index in [4.69, 9.17) is 16.3 Å². The van der Waals surface area contributed by atoms with Crippen LogP contribution in [0.2, 0.25) is 5.02 Å². The van der Waals surface area contributed by atoms with E-state index < -0.39 is 6.10 Å². The second-order valence-electron chi connectivity index (χ2n) is 3.87. The molecule has 6 nitrogen and oxygen atoms in total. The molecule has 2 rings (SSSR count). The van der Waals surface area contributed by atoms with Crippen LogP contribution >= 0.6 is 11.6 Å². The van der Waals surface area contributed by atoms with E-state index in [9.17, 15) is 5.11 Å². The van der Waals surface area contributed by atoms with Gasteiger partial charge in [0, 0.05) is 6.54 Å². The van der Waals surface area contributed by atoms with E-state index in [1.54, 1.807) is 12.1 Å². The maximum absolute atomic E-state index is 9.74. The summed E-state index contributed by atoms with van der Waals surface area (Å²) in [7, 11) is 0. The molecule has 7 heteroatoms. The molecule has 1 unspecified atom stereocenters. The number of halogens is 1. The number of para-hydroxylation sites is 1. The highest BCUT2D eigenvalue weighted by Gasteiger charge is 2.07. The summed E-state index contributed by atoms with van der Waals surface area (Å²) in [6, 6.07) is 7.12. The first-order chi connectivity index (χ1) is 9.25. The molecule has 0 aliphatic heterocycles. The lowest BCUT2D eigenvalue weighted by Gasteiger charge is -2.13. The lowest BCUT2D eigenvalue weighted by atomic mass is 10.3. The minimum atomic E-state index is -0.650. The number of rotatable bonds is 7. The van der Waals surface area contributed by atoms with Crippen molar-refractivity contribution in [3.63, 3.8) is 0 Å². The largest absolute Gasteiger partial charge is 0.489 e. The number of ether oxygens (including phenoxy) is 1. The minimum Gasteiger partial charge on any atom is -0.489 e. The highest BCUT2D eigenvalue weighted by molar-refractivity contribution is 6.32. The van der Waals surface area contributed by atoms with Gasteiger partial charge in [0.15, 0.2) is 5.82 Å². The zero-order chi connectivity index (χ0) is 13.5. The molecule has 0 bridgehead atoms. The number of aromatic nitrogens is 2. The number of benzene rings is 1. The molecule has 0 saturated carbocycles. The minimum absolute atomic E-state index is 0.156. The van der Waals surface area contributed by atoms with Gasteiger partial charge in [0.05, 0.1) is 11.6 Å². The van der Waals surface area contributed by atoms with Gasteiger partial charge in [-0.3, -0.25) is 0 Å². The Kier molecular flexibility index (Phi) is 5.14. The predicted molar refractivity (Wildman–Crippen MR) is 69.0 cm³/mol. The summed E-state index contributed by atoms with van der Waals surface area (Å²) < 4.78 is 10.0. The van der Waals surface area contributed by atoms with Crippen LogP contribution < -0.4 is 10.1 Å². The maximum Gasteiger partial charge on any atom is 0.213 e. The van der Waals surface area contributed by atoms with Crippen LogP contribution in [-0.4, -0.2) is 34.5 Å². The Labute approximate surface area is 115 Å². The average Bonchev–Trinajstić information content (AvgIpc) is 2.91. The van der Waals surface area contributed by atoms with Crippen LogP contribution in [0.5, 0.6) is 5.75 Å². The van der Waals surface area contributed by atoms with Crippen molar-refractivity contribution in [1.29, 1.82) is 0 Å². The van der Waals surface area contributed by atoms with Gasteiger partial charge in [0.1, 0.15) is 18.5 Å². The normalized spacial score (nSPS) is 12.3. The lowest BCUT2D eigenvalue weighted by Crippen LogP contribution is -2.31. The molecule has 1 aromatic heterocycles. The smallest absolute Gasteiger partial charge is 0.213 e. The Bertz CT molecular complexity index is 493. The van der Waals surface area contributed by atoms with Gasteiger partial charge >= 0.3 is 0 Å². The van der Waals surface area contributed by atoms with Crippen molar-refractivity contribution in [3.8, 4) is 5.75 Å². The summed E-state index contributed by atoms with van der Waals surface area (Å²) >= 11 is 5.93. The van der Waals surface area contributed by atoms with Crippen molar-refractivity contribution in [2.75, 3.05) is 13.2 Å². The van der Waals surface area contributed by atoms with Crippen molar-refractivity contribution in [1.82, 2.24) is 15.5 Å². The summed E-state index contributed by atoms with van der Waals surface area (Å²) in [6.45, 7) is 0.946. The van der Waals surface area contributed by atoms with Crippen LogP contribution in [0.4, 0.5) is 0 Å². The van der Waals surface area contributed by atoms with Gasteiger partial charge in [0.25, 0.3) is 0 Å². The maximum atomic E-state index is 9.74. The standard InChI is InChI=1S/C12H14ClN3O3/c13-10-3-1-2-4-11(10)18-7-9(17)5-14-6-12-15-8-19-16-12/h1-4,8-9,14,17H,5-7H2. The highest BCUT2D eigenvalue weighted by Crippen LogP contribution is 2.22. The fourth-order valence-corrected chi connectivity index (χ4v) is 1.62. The Balaban J connectivity index is 1.67. The summed E-state index contributed by atoms with van der Waals surface area (Å²) in [4.78, 5) is 3.85. The van der Waals surface area contributed by atoms with Gasteiger partial charge in [-0.05, 0) is 12.1 Å². The highest BCUT2D eigenvalue weighted by atomic mass is 35.5. The van der Waals surface area contributed by atoms with Crippen molar-refractivity contribution in [2.24, 2.45) is 0 Å². The molecule has 1 atom stereocenters. The molecule has 0 spiro atoms. The molecule has 19 heavy (non-hydrogen) atoms. The van der Waals surface area contributed by atoms with Gasteiger partial charge < -0.3 is 19.7 Å². The molecule has 102 valence electrons. The van der Waals surface area contributed by atoms with Crippen LogP contribution in [0.1, 0.15) is 5.82 Å². The Morgan fingerprint density at radius 3 is 3.00 bits per heavy atom. The van der Waals surface area contributed by atoms with Crippen molar-refractivity contribution in [2.45, 2.75) is 12.6 Å². The molecular weight excluding hydrogens is 270 g/mol. The van der Waals surface area contributed by atoms with E-state index >= 15 is 0 Å². The Morgan fingerprint density at radius 1 is 1.42 bits per heavy atom. The first-order valence-electron chi connectivity index (χ1n) is 5.77. The monoisotopic (exact) mass is 283 g/mol. The predicted octanol–water partition coefficient (Wildman–Crippen LogP) is 1.25. The van der Waals surface area contributed by atoms with E-state index in [2.05, 4.69) is 20.0 Å². The van der Waals surface area contributed by atoms with Gasteiger partial charge in [-0.2, -0.15) is 4.98 Å². The SMILES string of the molecule is OC(CNCc1ncon1)COc1ccccc1Cl. The average molecular weight is 284 g/mol. The second-order valence-corrected chi connectivity index (χ2v) is 4.28. The number of hydrogen-bond donors (Lipinski definition) is 2. The molecule has 0 amide bonds. The zero-order valence-electron chi connectivity index (χ0n) is 10.1. The second kappa shape index (κ2) is 7.08. The van der Waals surface area contributed by atoms with Crippen LogP contribution in [0.15, 0.2) is 35.2 Å². The molecule has 1 heterocycles. The molecule has 0 aliphatic rings. The first-order valence-corrected chi connectivity index (χ1v) is 6.15. The van der Waals surface area contributed by atoms with E-state index in [-0.39, 0.29) is 6.61 Å². The fourth-order valence-electron chi connectivity index (χ4n) is 1.43. The van der Waals surface area contributed by atoms with Gasteiger partial charge in [-0.1, -0.05) is 28.9 Å². The van der Waals surface area contributed by atoms with Crippen molar-refractivity contribution >= 4 is 11.6 Å². The van der Waals surface area contributed by atoms with Gasteiger partial charge in [-0.15, -0.1) is 0 Å². The first kappa shape index (κ1) is 13.8. The summed E-state index contributed by atoms with van der Waals surface area (Å²) in [5.74, 6) is 1.10. The molecule has 0 radical (unpaired) electrons. The van der Waals surface area contributed by atoms with E-state index in [0.717, 1.165) is 0 Å². The number of aliphatic hydroxyl groups excluding tert-OH is 1. The van der Waals surface area contributed by atoms with Crippen molar-refractivity contribution < 1.29 is 14.4 Å². The molecule has 0 aliphatic carbocycles. The van der Waals surface area contributed by atoms with Crippen LogP contribution in [0.25, 0.3) is 0 Å². The van der Waals surface area contributed by atoms with Gasteiger partial charge in [-0.25, -0.2) is 0 Å². The third-order valence-electron chi connectivity index (χ3n) is 2.34. The molecular formula is C12H14ClN3O3. The van der Waals surface area contributed by atoms with Crippen LogP contribution in [0, 0.1) is 0 Å². The number of aliphatic hydroxyl groups is 1. The summed E-state index contributed by atoms with van der Waals surface area (Å²) in [5, 5.41) is 16.9. The Hall–Kier alpha value is -1.63. The third-order valence-corrected chi connectivity index (χ3v) is 2.65. The fraction of sp³-hybridized carbons (Fsp3) is 0.333. The van der Waals surface area contributed by atoms with Crippen LogP contribution in [0.3, 0.4) is 0 Å². The van der Waals surface area contributed by atoms with E-state index in [1.165, 1.54) is 6.39 Å². The number of hydrogen-bond acceptors (Lipinski definition) is 6. The van der Waals surface area contributed by atoms with E-state index in [1.807, 2.05) is 12.1 Å². The number of nitrogens with one attached hydrogen (secondary N) is 1. The zero-order valence-corrected chi connectivity index (χ0v) is 10.9. The lowest BCUT2D eigenvalue weighted by molar-refractivity contribution is 0.106. The van der Waals surface area contributed by atoms with E-state index in [0.29, 0.717) is 29.7 Å².